The standard InChI is InChI=1S/C16H24FNO2/c1-12(9-18-8-7-13(10-18)11-20-2)16(19)14-5-3-4-6-15(14)17/h3-6,12-13,16,19H,7-11H2,1-2H3. The molecule has 1 fully saturated rings. The van der Waals surface area contributed by atoms with Gasteiger partial charge in [-0.25, -0.2) is 4.39 Å². The first-order valence-electron chi connectivity index (χ1n) is 7.25. The van der Waals surface area contributed by atoms with E-state index in [1.165, 1.54) is 6.07 Å². The number of rotatable bonds is 6. The van der Waals surface area contributed by atoms with Crippen LogP contribution in [0, 0.1) is 17.7 Å². The van der Waals surface area contributed by atoms with Crippen LogP contribution in [-0.4, -0.2) is 43.4 Å². The predicted octanol–water partition coefficient (Wildman–Crippen LogP) is 2.46. The molecule has 3 nitrogen and oxygen atoms in total. The molecule has 0 spiro atoms. The second kappa shape index (κ2) is 7.16. The molecule has 2 rings (SSSR count). The number of methoxy groups -OCH3 is 1. The summed E-state index contributed by atoms with van der Waals surface area (Å²) in [5, 5.41) is 10.3. The molecule has 0 saturated carbocycles. The van der Waals surface area contributed by atoms with Gasteiger partial charge in [0.2, 0.25) is 0 Å². The average molecular weight is 281 g/mol. The van der Waals surface area contributed by atoms with Crippen molar-refractivity contribution in [2.75, 3.05) is 33.4 Å². The van der Waals surface area contributed by atoms with E-state index < -0.39 is 6.10 Å². The molecule has 1 aromatic rings. The minimum Gasteiger partial charge on any atom is -0.388 e. The molecule has 0 aliphatic carbocycles. The number of likely N-dealkylation sites (tertiary alicyclic amines) is 1. The fourth-order valence-corrected chi connectivity index (χ4v) is 2.98. The Labute approximate surface area is 120 Å². The summed E-state index contributed by atoms with van der Waals surface area (Å²) >= 11 is 0. The smallest absolute Gasteiger partial charge is 0.129 e. The van der Waals surface area contributed by atoms with Gasteiger partial charge in [-0.15, -0.1) is 0 Å². The number of aliphatic hydroxyl groups is 1. The monoisotopic (exact) mass is 281 g/mol. The predicted molar refractivity (Wildman–Crippen MR) is 76.9 cm³/mol. The number of hydrogen-bond acceptors (Lipinski definition) is 3. The maximum absolute atomic E-state index is 13.7. The summed E-state index contributed by atoms with van der Waals surface area (Å²) in [6, 6.07) is 6.47. The summed E-state index contributed by atoms with van der Waals surface area (Å²) in [7, 11) is 1.73. The van der Waals surface area contributed by atoms with Crippen molar-refractivity contribution < 1.29 is 14.2 Å². The Bertz CT molecular complexity index is 427. The lowest BCUT2D eigenvalue weighted by Gasteiger charge is -2.25. The second-order valence-electron chi connectivity index (χ2n) is 5.81. The molecule has 1 heterocycles. The Balaban J connectivity index is 1.89. The van der Waals surface area contributed by atoms with E-state index in [0.29, 0.717) is 11.5 Å². The van der Waals surface area contributed by atoms with E-state index in [1.54, 1.807) is 25.3 Å². The molecule has 1 aromatic carbocycles. The van der Waals surface area contributed by atoms with Gasteiger partial charge >= 0.3 is 0 Å². The van der Waals surface area contributed by atoms with Crippen molar-refractivity contribution in [3.8, 4) is 0 Å². The summed E-state index contributed by atoms with van der Waals surface area (Å²) in [4.78, 5) is 2.33. The van der Waals surface area contributed by atoms with E-state index >= 15 is 0 Å². The highest BCUT2D eigenvalue weighted by atomic mass is 19.1. The van der Waals surface area contributed by atoms with Gasteiger partial charge in [-0.05, 0) is 30.9 Å². The SMILES string of the molecule is COCC1CCN(CC(C)C(O)c2ccccc2F)C1. The highest BCUT2D eigenvalue weighted by Crippen LogP contribution is 2.26. The molecule has 4 heteroatoms. The molecule has 112 valence electrons. The van der Waals surface area contributed by atoms with Crippen molar-refractivity contribution in [2.24, 2.45) is 11.8 Å². The van der Waals surface area contributed by atoms with E-state index in [2.05, 4.69) is 4.90 Å². The van der Waals surface area contributed by atoms with Crippen LogP contribution in [0.1, 0.15) is 25.0 Å². The number of halogens is 1. The Morgan fingerprint density at radius 1 is 1.45 bits per heavy atom. The lowest BCUT2D eigenvalue weighted by atomic mass is 9.96. The normalized spacial score (nSPS) is 22.9. The van der Waals surface area contributed by atoms with Gasteiger partial charge in [0, 0.05) is 25.8 Å². The first-order valence-corrected chi connectivity index (χ1v) is 7.25. The quantitative estimate of drug-likeness (QED) is 0.869. The van der Waals surface area contributed by atoms with Crippen LogP contribution >= 0.6 is 0 Å². The van der Waals surface area contributed by atoms with E-state index in [0.717, 1.165) is 32.7 Å². The molecule has 0 amide bonds. The molecule has 0 radical (unpaired) electrons. The van der Waals surface area contributed by atoms with Crippen molar-refractivity contribution in [3.63, 3.8) is 0 Å². The van der Waals surface area contributed by atoms with Crippen molar-refractivity contribution in [3.05, 3.63) is 35.6 Å². The zero-order chi connectivity index (χ0) is 14.5. The van der Waals surface area contributed by atoms with Crippen LogP contribution in [0.4, 0.5) is 4.39 Å². The van der Waals surface area contributed by atoms with Gasteiger partial charge < -0.3 is 14.7 Å². The Kier molecular flexibility index (Phi) is 5.52. The zero-order valence-electron chi connectivity index (χ0n) is 12.3. The zero-order valence-corrected chi connectivity index (χ0v) is 12.3. The topological polar surface area (TPSA) is 32.7 Å². The van der Waals surface area contributed by atoms with E-state index in [1.807, 2.05) is 6.92 Å². The van der Waals surface area contributed by atoms with Crippen molar-refractivity contribution in [1.82, 2.24) is 4.90 Å². The number of nitrogens with zero attached hydrogens (tertiary/aromatic N) is 1. The molecule has 0 aromatic heterocycles. The van der Waals surface area contributed by atoms with E-state index in [9.17, 15) is 9.50 Å². The lowest BCUT2D eigenvalue weighted by molar-refractivity contribution is 0.0881. The van der Waals surface area contributed by atoms with Crippen LogP contribution in [0.15, 0.2) is 24.3 Å². The van der Waals surface area contributed by atoms with Gasteiger partial charge in [-0.3, -0.25) is 0 Å². The second-order valence-corrected chi connectivity index (χ2v) is 5.81. The maximum atomic E-state index is 13.7. The van der Waals surface area contributed by atoms with Gasteiger partial charge in [-0.1, -0.05) is 25.1 Å². The van der Waals surface area contributed by atoms with Crippen LogP contribution in [0.3, 0.4) is 0 Å². The first-order chi connectivity index (χ1) is 9.61. The van der Waals surface area contributed by atoms with Crippen molar-refractivity contribution >= 4 is 0 Å². The third-order valence-corrected chi connectivity index (χ3v) is 4.08. The molecular formula is C16H24FNO2. The molecule has 1 aliphatic rings. The van der Waals surface area contributed by atoms with Crippen LogP contribution in [0.25, 0.3) is 0 Å². The minimum atomic E-state index is -0.752. The molecule has 1 N–H and O–H groups in total. The minimum absolute atomic E-state index is 0.00759. The van der Waals surface area contributed by atoms with E-state index in [4.69, 9.17) is 4.74 Å². The Morgan fingerprint density at radius 3 is 2.90 bits per heavy atom. The van der Waals surface area contributed by atoms with Gasteiger partial charge in [-0.2, -0.15) is 0 Å². The molecule has 20 heavy (non-hydrogen) atoms. The summed E-state index contributed by atoms with van der Waals surface area (Å²) in [6.45, 7) is 5.59. The van der Waals surface area contributed by atoms with Crippen LogP contribution in [0.5, 0.6) is 0 Å². The van der Waals surface area contributed by atoms with Crippen molar-refractivity contribution in [1.29, 1.82) is 0 Å². The first kappa shape index (κ1) is 15.4. The third-order valence-electron chi connectivity index (χ3n) is 4.08. The molecular weight excluding hydrogens is 257 g/mol. The fourth-order valence-electron chi connectivity index (χ4n) is 2.98. The lowest BCUT2D eigenvalue weighted by Crippen LogP contribution is -2.30. The average Bonchev–Trinajstić information content (AvgIpc) is 2.86. The molecule has 3 unspecified atom stereocenters. The molecule has 3 atom stereocenters. The van der Waals surface area contributed by atoms with E-state index in [-0.39, 0.29) is 11.7 Å². The molecule has 1 aliphatic heterocycles. The summed E-state index contributed by atoms with van der Waals surface area (Å²) in [5.41, 5.74) is 0.396. The number of benzene rings is 1. The van der Waals surface area contributed by atoms with Gasteiger partial charge in [0.1, 0.15) is 5.82 Å². The van der Waals surface area contributed by atoms with Crippen LogP contribution < -0.4 is 0 Å². The van der Waals surface area contributed by atoms with Gasteiger partial charge in [0.15, 0.2) is 0 Å². The Morgan fingerprint density at radius 2 is 2.20 bits per heavy atom. The number of aliphatic hydroxyl groups excluding tert-OH is 1. The fraction of sp³-hybridized carbons (Fsp3) is 0.625. The summed E-state index contributed by atoms with van der Waals surface area (Å²) in [6.07, 6.45) is 0.383. The van der Waals surface area contributed by atoms with Gasteiger partial charge in [0.25, 0.3) is 0 Å². The van der Waals surface area contributed by atoms with Crippen molar-refractivity contribution in [2.45, 2.75) is 19.4 Å². The number of ether oxygens (including phenoxy) is 1. The molecule has 0 bridgehead atoms. The summed E-state index contributed by atoms with van der Waals surface area (Å²) < 4.78 is 18.9. The van der Waals surface area contributed by atoms with Crippen LogP contribution in [0.2, 0.25) is 0 Å². The van der Waals surface area contributed by atoms with Crippen LogP contribution in [-0.2, 0) is 4.74 Å². The highest BCUT2D eigenvalue weighted by Gasteiger charge is 2.27. The number of hydrogen-bond donors (Lipinski definition) is 1. The Hall–Kier alpha value is -0.970. The molecule has 1 saturated heterocycles. The summed E-state index contributed by atoms with van der Waals surface area (Å²) in [5.74, 6) is 0.261. The largest absolute Gasteiger partial charge is 0.388 e. The maximum Gasteiger partial charge on any atom is 0.129 e. The third kappa shape index (κ3) is 3.78. The highest BCUT2D eigenvalue weighted by molar-refractivity contribution is 5.20. The van der Waals surface area contributed by atoms with Gasteiger partial charge in [0.05, 0.1) is 12.7 Å².